The molecule has 13 rings (SSSR count). The Morgan fingerprint density at radius 2 is 0.576 bits per heavy atom. The summed E-state index contributed by atoms with van der Waals surface area (Å²) in [5, 5.41) is 10.4. The molecule has 0 saturated heterocycles. The predicted molar refractivity (Wildman–Crippen MR) is 252 cm³/mol. The maximum atomic E-state index is 2.46. The number of aryl methyl sites for hydroxylation is 1. The molecule has 11 aromatic carbocycles. The molecule has 0 bridgehead atoms. The van der Waals surface area contributed by atoms with E-state index in [4.69, 9.17) is 0 Å². The van der Waals surface area contributed by atoms with Gasteiger partial charge >= 0.3 is 0 Å². The Hall–Kier alpha value is -7.54. The molecule has 0 nitrogen and oxygen atoms in total. The van der Waals surface area contributed by atoms with Crippen LogP contribution in [0.25, 0.3) is 132 Å². The van der Waals surface area contributed by atoms with Crippen LogP contribution in [0.4, 0.5) is 0 Å². The van der Waals surface area contributed by atoms with Crippen molar-refractivity contribution in [3.8, 4) is 89.0 Å². The van der Waals surface area contributed by atoms with Crippen LogP contribution in [-0.4, -0.2) is 0 Å². The smallest absolute Gasteiger partial charge is 0.000740 e. The zero-order chi connectivity index (χ0) is 38.8. The first-order valence-corrected chi connectivity index (χ1v) is 20.7. The van der Waals surface area contributed by atoms with E-state index in [2.05, 4.69) is 207 Å². The van der Waals surface area contributed by atoms with Crippen molar-refractivity contribution in [3.63, 3.8) is 0 Å². The van der Waals surface area contributed by atoms with Crippen LogP contribution in [0.3, 0.4) is 0 Å². The van der Waals surface area contributed by atoms with Crippen LogP contribution in [0.1, 0.15) is 5.56 Å². The van der Waals surface area contributed by atoms with Crippen LogP contribution < -0.4 is 0 Å². The quantitative estimate of drug-likeness (QED) is 0.157. The van der Waals surface area contributed by atoms with Gasteiger partial charge in [0.15, 0.2) is 0 Å². The number of fused-ring (bicyclic) bond motifs is 9. The molecule has 11 aromatic rings. The third-order valence-electron chi connectivity index (χ3n) is 13.1. The molecule has 0 heterocycles. The number of rotatable bonds is 4. The van der Waals surface area contributed by atoms with Crippen LogP contribution in [0.15, 0.2) is 200 Å². The molecule has 0 amide bonds. The average molecular weight is 745 g/mol. The second-order valence-electron chi connectivity index (χ2n) is 16.3. The minimum absolute atomic E-state index is 1.24. The molecule has 0 N–H and O–H groups in total. The van der Waals surface area contributed by atoms with Gasteiger partial charge in [0.2, 0.25) is 0 Å². The summed E-state index contributed by atoms with van der Waals surface area (Å²) in [4.78, 5) is 0. The van der Waals surface area contributed by atoms with Crippen molar-refractivity contribution >= 4 is 43.1 Å². The lowest BCUT2D eigenvalue weighted by atomic mass is 9.81. The van der Waals surface area contributed by atoms with Gasteiger partial charge in [-0.15, -0.1) is 0 Å². The SMILES string of the molecule is Cc1cccc(-c2c3c(c(-c4ccccc4)c4ccccc24)-c2ccc4c5c(ccc-3c25)-c2c-4c(-c3ccccc3)c3cc4ccccc4cc3c2-c2ccccc2)c1. The zero-order valence-electron chi connectivity index (χ0n) is 32.6. The van der Waals surface area contributed by atoms with E-state index in [9.17, 15) is 0 Å². The summed E-state index contributed by atoms with van der Waals surface area (Å²) in [6.45, 7) is 2.21. The molecule has 272 valence electrons. The van der Waals surface area contributed by atoms with Crippen LogP contribution in [-0.2, 0) is 0 Å². The van der Waals surface area contributed by atoms with Crippen molar-refractivity contribution < 1.29 is 0 Å². The van der Waals surface area contributed by atoms with Crippen molar-refractivity contribution in [2.45, 2.75) is 6.92 Å². The maximum Gasteiger partial charge on any atom is -0.000740 e. The largest absolute Gasteiger partial charge is 0.0622 e. The Morgan fingerprint density at radius 1 is 0.237 bits per heavy atom. The normalized spacial score (nSPS) is 12.2. The van der Waals surface area contributed by atoms with Gasteiger partial charge in [-0.1, -0.05) is 194 Å². The van der Waals surface area contributed by atoms with Crippen LogP contribution in [0.5, 0.6) is 0 Å². The minimum atomic E-state index is 1.24. The number of benzene rings is 11. The van der Waals surface area contributed by atoms with Gasteiger partial charge in [0, 0.05) is 0 Å². The van der Waals surface area contributed by atoms with Gasteiger partial charge in [-0.2, -0.15) is 0 Å². The molecule has 59 heavy (non-hydrogen) atoms. The van der Waals surface area contributed by atoms with Crippen molar-refractivity contribution in [3.05, 3.63) is 206 Å². The summed E-state index contributed by atoms with van der Waals surface area (Å²) in [5.41, 5.74) is 22.1. The second-order valence-corrected chi connectivity index (χ2v) is 16.3. The molecule has 0 unspecified atom stereocenters. The summed E-state index contributed by atoms with van der Waals surface area (Å²) < 4.78 is 0. The summed E-state index contributed by atoms with van der Waals surface area (Å²) >= 11 is 0. The van der Waals surface area contributed by atoms with E-state index in [0.717, 1.165) is 0 Å². The summed E-state index contributed by atoms with van der Waals surface area (Å²) in [6.07, 6.45) is 0. The second kappa shape index (κ2) is 12.2. The van der Waals surface area contributed by atoms with Crippen LogP contribution >= 0.6 is 0 Å². The zero-order valence-corrected chi connectivity index (χ0v) is 32.6. The van der Waals surface area contributed by atoms with E-state index >= 15 is 0 Å². The van der Waals surface area contributed by atoms with Crippen LogP contribution in [0.2, 0.25) is 0 Å². The highest BCUT2D eigenvalue weighted by atomic mass is 14.4. The highest BCUT2D eigenvalue weighted by Crippen LogP contribution is 2.64. The van der Waals surface area contributed by atoms with E-state index in [0.29, 0.717) is 0 Å². The maximum absolute atomic E-state index is 2.46. The summed E-state index contributed by atoms with van der Waals surface area (Å²) in [5.74, 6) is 0. The predicted octanol–water partition coefficient (Wildman–Crippen LogP) is 16.6. The van der Waals surface area contributed by atoms with E-state index in [-0.39, 0.29) is 0 Å². The molecule has 2 aliphatic rings. The number of hydrogen-bond donors (Lipinski definition) is 0. The molecule has 0 radical (unpaired) electrons. The fraction of sp³-hybridized carbons (Fsp3) is 0.0169. The minimum Gasteiger partial charge on any atom is -0.0622 e. The fourth-order valence-corrected chi connectivity index (χ4v) is 10.8. The third kappa shape index (κ3) is 4.49. The van der Waals surface area contributed by atoms with Gasteiger partial charge in [-0.3, -0.25) is 0 Å². The Bertz CT molecular complexity index is 3460. The number of hydrogen-bond acceptors (Lipinski definition) is 0. The Balaban J connectivity index is 1.23. The highest BCUT2D eigenvalue weighted by molar-refractivity contribution is 6.35. The van der Waals surface area contributed by atoms with Crippen LogP contribution in [0, 0.1) is 6.92 Å². The molecule has 0 fully saturated rings. The summed E-state index contributed by atoms with van der Waals surface area (Å²) in [7, 11) is 0. The van der Waals surface area contributed by atoms with Gasteiger partial charge < -0.3 is 0 Å². The van der Waals surface area contributed by atoms with E-state index in [1.165, 1.54) is 138 Å². The van der Waals surface area contributed by atoms with E-state index in [1.807, 2.05) is 0 Å². The van der Waals surface area contributed by atoms with Gasteiger partial charge in [-0.25, -0.2) is 0 Å². The van der Waals surface area contributed by atoms with E-state index in [1.54, 1.807) is 0 Å². The molecule has 0 heteroatoms. The molecule has 0 spiro atoms. The van der Waals surface area contributed by atoms with Crippen molar-refractivity contribution in [2.24, 2.45) is 0 Å². The fourth-order valence-electron chi connectivity index (χ4n) is 10.8. The van der Waals surface area contributed by atoms with Crippen molar-refractivity contribution in [1.29, 1.82) is 0 Å². The van der Waals surface area contributed by atoms with Crippen molar-refractivity contribution in [2.75, 3.05) is 0 Å². The molecule has 2 aliphatic carbocycles. The first-order chi connectivity index (χ1) is 29.2. The Morgan fingerprint density at radius 3 is 0.983 bits per heavy atom. The molecule has 0 atom stereocenters. The molecular formula is C59H36. The van der Waals surface area contributed by atoms with Gasteiger partial charge in [0.1, 0.15) is 0 Å². The highest BCUT2D eigenvalue weighted by Gasteiger charge is 2.37. The lowest BCUT2D eigenvalue weighted by Crippen LogP contribution is -1.94. The molecule has 0 aliphatic heterocycles. The topological polar surface area (TPSA) is 0 Å². The monoisotopic (exact) mass is 744 g/mol. The first-order valence-electron chi connectivity index (χ1n) is 20.7. The molecule has 0 saturated carbocycles. The standard InChI is InChI=1S/C59H36/c1-35-16-15-25-41(32-35)53-43-27-14-13-26-42(43)50(36-17-5-2-6-18-36)56-44-28-29-45-55-46(30-31-47(54(44)55)59(53)56)58-52(38-21-9-4-10-22-38)49-34-40-24-12-11-23-39(40)33-48(49)51(57(45)58)37-19-7-3-8-20-37/h2-34H,1H3. The first kappa shape index (κ1) is 32.5. The lowest BCUT2D eigenvalue weighted by Gasteiger charge is -2.21. The molecule has 0 aromatic heterocycles. The molecular weight excluding hydrogens is 709 g/mol. The van der Waals surface area contributed by atoms with Gasteiger partial charge in [0.25, 0.3) is 0 Å². The van der Waals surface area contributed by atoms with E-state index < -0.39 is 0 Å². The Labute approximate surface area is 343 Å². The van der Waals surface area contributed by atoms with Gasteiger partial charge in [-0.05, 0) is 151 Å². The average Bonchev–Trinajstić information content (AvgIpc) is 3.79. The van der Waals surface area contributed by atoms with Gasteiger partial charge in [0.05, 0.1) is 0 Å². The third-order valence-corrected chi connectivity index (χ3v) is 13.1. The summed E-state index contributed by atoms with van der Waals surface area (Å²) in [6, 6.07) is 75.0. The van der Waals surface area contributed by atoms with Crippen molar-refractivity contribution in [1.82, 2.24) is 0 Å². The lowest BCUT2D eigenvalue weighted by molar-refractivity contribution is 1.47. The Kier molecular flexibility index (Phi) is 6.74.